The third-order valence-corrected chi connectivity index (χ3v) is 13.1. The van der Waals surface area contributed by atoms with Crippen molar-refractivity contribution in [2.24, 2.45) is 52.3 Å². The Balaban J connectivity index is 1.21. The van der Waals surface area contributed by atoms with E-state index in [-0.39, 0.29) is 40.8 Å². The molecule has 1 aliphatic heterocycles. The van der Waals surface area contributed by atoms with Gasteiger partial charge in [0.2, 0.25) is 0 Å². The Labute approximate surface area is 239 Å². The van der Waals surface area contributed by atoms with Crippen molar-refractivity contribution in [3.05, 3.63) is 35.4 Å². The molecular formula is C34H47NO5. The fraction of sp³-hybridized carbons (Fsp3) is 0.735. The zero-order valence-electron chi connectivity index (χ0n) is 24.9. The molecule has 4 saturated carbocycles. The number of carbonyl (C=O) groups excluding carboxylic acids is 3. The molecule has 2 amide bonds. The van der Waals surface area contributed by atoms with Gasteiger partial charge in [-0.2, -0.15) is 0 Å². The Morgan fingerprint density at radius 1 is 1.05 bits per heavy atom. The molecule has 0 aromatic heterocycles. The van der Waals surface area contributed by atoms with Gasteiger partial charge in [-0.15, -0.1) is 0 Å². The molecule has 1 N–H and O–H groups in total. The molecule has 0 spiro atoms. The van der Waals surface area contributed by atoms with Crippen LogP contribution in [0.25, 0.3) is 0 Å². The van der Waals surface area contributed by atoms with Crippen LogP contribution in [0.1, 0.15) is 106 Å². The molecule has 218 valence electrons. The van der Waals surface area contributed by atoms with Crippen LogP contribution in [0.3, 0.4) is 0 Å². The van der Waals surface area contributed by atoms with Crippen molar-refractivity contribution in [1.29, 1.82) is 0 Å². The van der Waals surface area contributed by atoms with Gasteiger partial charge in [0.25, 0.3) is 11.8 Å². The van der Waals surface area contributed by atoms with Crippen molar-refractivity contribution in [2.45, 2.75) is 97.6 Å². The van der Waals surface area contributed by atoms with Crippen molar-refractivity contribution in [3.63, 3.8) is 0 Å². The average molecular weight is 550 g/mol. The molecule has 4 fully saturated rings. The standard InChI is InChI=1S/C34H47NO5/c1-19(10-13-29(37)40-5)25-11-12-26-30-20(2)16-21-17-22(35-31(38)23-8-6-7-9-24(23)32(35)39)14-15-33(21,3)27(30)18-28(36)34(25,26)4/h6-9,19-22,25-28,30,36H,10-18H2,1-5H3/t19?,20-,21?,22?,25-,26?,27?,28?,30?,33+,34-/m1/s1. The lowest BCUT2D eigenvalue weighted by atomic mass is 9.41. The van der Waals surface area contributed by atoms with Crippen LogP contribution in [0.4, 0.5) is 0 Å². The summed E-state index contributed by atoms with van der Waals surface area (Å²) in [5.74, 6) is 2.92. The largest absolute Gasteiger partial charge is 0.469 e. The van der Waals surface area contributed by atoms with E-state index in [0.717, 1.165) is 51.4 Å². The molecule has 0 saturated heterocycles. The van der Waals surface area contributed by atoms with Crippen LogP contribution in [0, 0.1) is 52.3 Å². The van der Waals surface area contributed by atoms with E-state index < -0.39 is 0 Å². The highest BCUT2D eigenvalue weighted by Gasteiger charge is 2.65. The smallest absolute Gasteiger partial charge is 0.305 e. The van der Waals surface area contributed by atoms with Gasteiger partial charge in [0.15, 0.2) is 0 Å². The quantitative estimate of drug-likeness (QED) is 0.354. The number of rotatable bonds is 5. The van der Waals surface area contributed by atoms with Gasteiger partial charge in [-0.05, 0) is 116 Å². The summed E-state index contributed by atoms with van der Waals surface area (Å²) in [6.45, 7) is 9.50. The maximum absolute atomic E-state index is 13.3. The number of methoxy groups -OCH3 is 1. The third kappa shape index (κ3) is 3.94. The van der Waals surface area contributed by atoms with Crippen molar-refractivity contribution < 1.29 is 24.2 Å². The van der Waals surface area contributed by atoms with E-state index in [1.165, 1.54) is 7.11 Å². The first-order valence-electron chi connectivity index (χ1n) is 15.7. The number of aliphatic hydroxyl groups excluding tert-OH is 1. The maximum atomic E-state index is 13.3. The number of aliphatic hydroxyl groups is 1. The molecule has 1 aromatic carbocycles. The van der Waals surface area contributed by atoms with E-state index in [0.29, 0.717) is 59.0 Å². The first-order chi connectivity index (χ1) is 19.0. The van der Waals surface area contributed by atoms with Crippen LogP contribution in [-0.4, -0.2) is 47.0 Å². The van der Waals surface area contributed by atoms with Gasteiger partial charge in [0.1, 0.15) is 0 Å². The molecule has 1 heterocycles. The van der Waals surface area contributed by atoms with Crippen molar-refractivity contribution in [3.8, 4) is 0 Å². The fourth-order valence-corrected chi connectivity index (χ4v) is 11.0. The molecular weight excluding hydrogens is 502 g/mol. The van der Waals surface area contributed by atoms with Crippen molar-refractivity contribution in [1.82, 2.24) is 4.90 Å². The summed E-state index contributed by atoms with van der Waals surface area (Å²) in [5.41, 5.74) is 1.09. The lowest BCUT2D eigenvalue weighted by Gasteiger charge is -2.64. The number of amides is 2. The number of benzene rings is 1. The van der Waals surface area contributed by atoms with E-state index in [4.69, 9.17) is 4.74 Å². The van der Waals surface area contributed by atoms with Crippen LogP contribution in [0.2, 0.25) is 0 Å². The van der Waals surface area contributed by atoms with Gasteiger partial charge in [-0.25, -0.2) is 0 Å². The minimum absolute atomic E-state index is 0.0421. The zero-order valence-corrected chi connectivity index (χ0v) is 24.9. The summed E-state index contributed by atoms with van der Waals surface area (Å²) >= 11 is 0. The van der Waals surface area contributed by atoms with E-state index in [1.54, 1.807) is 17.0 Å². The highest BCUT2D eigenvalue weighted by atomic mass is 16.5. The Bertz CT molecular complexity index is 1160. The molecule has 0 radical (unpaired) electrons. The van der Waals surface area contributed by atoms with Gasteiger partial charge < -0.3 is 9.84 Å². The molecule has 6 nitrogen and oxygen atoms in total. The van der Waals surface area contributed by atoms with Crippen LogP contribution >= 0.6 is 0 Å². The molecule has 6 rings (SSSR count). The third-order valence-electron chi connectivity index (χ3n) is 13.1. The second kappa shape index (κ2) is 9.96. The van der Waals surface area contributed by atoms with Crippen molar-refractivity contribution >= 4 is 17.8 Å². The Kier molecular flexibility index (Phi) is 6.95. The molecule has 11 atom stereocenters. The maximum Gasteiger partial charge on any atom is 0.305 e. The predicted molar refractivity (Wildman–Crippen MR) is 152 cm³/mol. The van der Waals surface area contributed by atoms with Gasteiger partial charge in [0, 0.05) is 12.5 Å². The van der Waals surface area contributed by atoms with Crippen LogP contribution in [0.15, 0.2) is 24.3 Å². The van der Waals surface area contributed by atoms with Crippen molar-refractivity contribution in [2.75, 3.05) is 7.11 Å². The second-order valence-electron chi connectivity index (χ2n) is 14.6. The monoisotopic (exact) mass is 549 g/mol. The SMILES string of the molecule is COC(=O)CCC(C)[C@H]1CCC2C3C(CC(O)[C@@]21C)[C@@]1(C)CCC(N2C(=O)c4ccccc4C2=O)CC1C[C@H]3C. The second-order valence-corrected chi connectivity index (χ2v) is 14.6. The average Bonchev–Trinajstić information content (AvgIpc) is 3.42. The number of fused-ring (bicyclic) bond motifs is 6. The number of hydrogen-bond acceptors (Lipinski definition) is 5. The summed E-state index contributed by atoms with van der Waals surface area (Å²) in [7, 11) is 1.45. The molecule has 6 heteroatoms. The Morgan fingerprint density at radius 2 is 1.73 bits per heavy atom. The number of esters is 1. The number of imide groups is 1. The molecule has 40 heavy (non-hydrogen) atoms. The highest BCUT2D eigenvalue weighted by molar-refractivity contribution is 6.21. The molecule has 1 aromatic rings. The summed E-state index contributed by atoms with van der Waals surface area (Å²) < 4.78 is 4.90. The van der Waals surface area contributed by atoms with E-state index in [9.17, 15) is 19.5 Å². The minimum Gasteiger partial charge on any atom is -0.469 e. The Morgan fingerprint density at radius 3 is 2.38 bits per heavy atom. The normalized spacial score (nSPS) is 43.0. The molecule has 4 aliphatic carbocycles. The van der Waals surface area contributed by atoms with Crippen LogP contribution in [0.5, 0.6) is 0 Å². The summed E-state index contributed by atoms with van der Waals surface area (Å²) in [4.78, 5) is 40.0. The fourth-order valence-electron chi connectivity index (χ4n) is 11.0. The topological polar surface area (TPSA) is 83.9 Å². The van der Waals surface area contributed by atoms with Crippen LogP contribution in [-0.2, 0) is 9.53 Å². The number of carbonyl (C=O) groups is 3. The summed E-state index contributed by atoms with van der Waals surface area (Å²) in [5, 5.41) is 11.9. The lowest BCUT2D eigenvalue weighted by molar-refractivity contribution is -0.186. The zero-order chi connectivity index (χ0) is 28.6. The van der Waals surface area contributed by atoms with E-state index in [2.05, 4.69) is 27.7 Å². The first kappa shape index (κ1) is 27.9. The summed E-state index contributed by atoms with van der Waals surface area (Å²) in [6.07, 6.45) is 7.89. The first-order valence-corrected chi connectivity index (χ1v) is 15.7. The lowest BCUT2D eigenvalue weighted by Crippen LogP contribution is -2.61. The van der Waals surface area contributed by atoms with Gasteiger partial charge in [0.05, 0.1) is 24.3 Å². The number of hydrogen-bond donors (Lipinski definition) is 1. The minimum atomic E-state index is -0.344. The van der Waals surface area contributed by atoms with Gasteiger partial charge in [-0.3, -0.25) is 19.3 Å². The van der Waals surface area contributed by atoms with Gasteiger partial charge in [-0.1, -0.05) is 39.8 Å². The predicted octanol–water partition coefficient (Wildman–Crippen LogP) is 6.12. The summed E-state index contributed by atoms with van der Waals surface area (Å²) in [6, 6.07) is 7.19. The van der Waals surface area contributed by atoms with E-state index in [1.807, 2.05) is 12.1 Å². The number of ether oxygens (including phenoxy) is 1. The Hall–Kier alpha value is -2.21. The van der Waals surface area contributed by atoms with Gasteiger partial charge >= 0.3 is 5.97 Å². The molecule has 7 unspecified atom stereocenters. The number of nitrogens with zero attached hydrogens (tertiary/aromatic N) is 1. The van der Waals surface area contributed by atoms with E-state index >= 15 is 0 Å². The molecule has 5 aliphatic rings. The van der Waals surface area contributed by atoms with Crippen LogP contribution < -0.4 is 0 Å². The molecule has 0 bridgehead atoms. The highest BCUT2D eigenvalue weighted by Crippen LogP contribution is 2.69.